The fourth-order valence-corrected chi connectivity index (χ4v) is 4.53. The number of piperidine rings is 1. The van der Waals surface area contributed by atoms with Gasteiger partial charge in [0, 0.05) is 18.1 Å². The van der Waals surface area contributed by atoms with E-state index in [1.54, 1.807) is 43.5 Å². The Morgan fingerprint density at radius 2 is 1.56 bits per heavy atom. The molecule has 0 radical (unpaired) electrons. The van der Waals surface area contributed by atoms with Crippen molar-refractivity contribution < 1.29 is 22.7 Å². The average Bonchev–Trinajstić information content (AvgIpc) is 2.69. The van der Waals surface area contributed by atoms with Gasteiger partial charge < -0.3 is 9.47 Å². The maximum Gasteiger partial charge on any atom is 0.314 e. The topological polar surface area (TPSA) is 72.9 Å². The van der Waals surface area contributed by atoms with E-state index >= 15 is 0 Å². The van der Waals surface area contributed by atoms with E-state index in [4.69, 9.17) is 21.1 Å². The highest BCUT2D eigenvalue weighted by Gasteiger charge is 2.33. The molecule has 2 aromatic rings. The van der Waals surface area contributed by atoms with Gasteiger partial charge in [-0.05, 0) is 61.4 Å². The van der Waals surface area contributed by atoms with E-state index in [9.17, 15) is 13.2 Å². The largest absolute Gasteiger partial charge is 0.497 e. The fourth-order valence-electron chi connectivity index (χ4n) is 2.93. The number of carbonyl (C=O) groups excluding carboxylic acids is 1. The zero-order valence-corrected chi connectivity index (χ0v) is 16.4. The third-order valence-electron chi connectivity index (χ3n) is 4.52. The number of hydrogen-bond donors (Lipinski definition) is 0. The second-order valence-corrected chi connectivity index (χ2v) is 8.60. The Morgan fingerprint density at radius 3 is 2.11 bits per heavy atom. The van der Waals surface area contributed by atoms with Crippen molar-refractivity contribution in [2.24, 2.45) is 5.92 Å². The van der Waals surface area contributed by atoms with E-state index in [-0.39, 0.29) is 29.9 Å². The zero-order valence-electron chi connectivity index (χ0n) is 14.8. The molecule has 1 fully saturated rings. The first-order chi connectivity index (χ1) is 12.9. The molecule has 27 heavy (non-hydrogen) atoms. The van der Waals surface area contributed by atoms with Gasteiger partial charge in [-0.3, -0.25) is 4.79 Å². The SMILES string of the molecule is COc1ccc(OC(=O)C2CCN(S(=O)(=O)c3ccc(Cl)cc3)CC2)cc1. The lowest BCUT2D eigenvalue weighted by atomic mass is 9.98. The van der Waals surface area contributed by atoms with Crippen molar-refractivity contribution >= 4 is 27.6 Å². The van der Waals surface area contributed by atoms with Crippen LogP contribution in [0.5, 0.6) is 11.5 Å². The van der Waals surface area contributed by atoms with Crippen LogP contribution in [0.4, 0.5) is 0 Å². The molecule has 0 aromatic heterocycles. The molecule has 8 heteroatoms. The van der Waals surface area contributed by atoms with Gasteiger partial charge in [0.05, 0.1) is 17.9 Å². The summed E-state index contributed by atoms with van der Waals surface area (Å²) in [6.45, 7) is 0.542. The Bertz CT molecular complexity index is 889. The molecule has 1 aliphatic rings. The summed E-state index contributed by atoms with van der Waals surface area (Å²) in [7, 11) is -2.02. The second-order valence-electron chi connectivity index (χ2n) is 6.23. The number of esters is 1. The number of carbonyl (C=O) groups is 1. The van der Waals surface area contributed by atoms with Crippen molar-refractivity contribution in [3.8, 4) is 11.5 Å². The first-order valence-corrected chi connectivity index (χ1v) is 10.3. The van der Waals surface area contributed by atoms with Crippen molar-refractivity contribution in [3.63, 3.8) is 0 Å². The van der Waals surface area contributed by atoms with Crippen LogP contribution in [0.15, 0.2) is 53.4 Å². The first-order valence-electron chi connectivity index (χ1n) is 8.51. The van der Waals surface area contributed by atoms with Crippen molar-refractivity contribution in [1.82, 2.24) is 4.31 Å². The molecule has 0 bridgehead atoms. The lowest BCUT2D eigenvalue weighted by Gasteiger charge is -2.30. The van der Waals surface area contributed by atoms with Gasteiger partial charge in [-0.15, -0.1) is 0 Å². The summed E-state index contributed by atoms with van der Waals surface area (Å²) in [6.07, 6.45) is 0.837. The smallest absolute Gasteiger partial charge is 0.314 e. The zero-order chi connectivity index (χ0) is 19.4. The standard InChI is InChI=1S/C19H20ClNO5S/c1-25-16-4-6-17(7-5-16)26-19(22)14-10-12-21(13-11-14)27(23,24)18-8-2-15(20)3-9-18/h2-9,14H,10-13H2,1H3. The molecule has 2 aromatic carbocycles. The number of benzene rings is 2. The van der Waals surface area contributed by atoms with Crippen LogP contribution in [-0.4, -0.2) is 38.9 Å². The van der Waals surface area contributed by atoms with Crippen molar-refractivity contribution in [1.29, 1.82) is 0 Å². The highest BCUT2D eigenvalue weighted by atomic mass is 35.5. The highest BCUT2D eigenvalue weighted by Crippen LogP contribution is 2.26. The molecule has 1 aliphatic heterocycles. The Morgan fingerprint density at radius 1 is 1.00 bits per heavy atom. The molecule has 3 rings (SSSR count). The van der Waals surface area contributed by atoms with Crippen LogP contribution in [0.2, 0.25) is 5.02 Å². The molecule has 1 saturated heterocycles. The van der Waals surface area contributed by atoms with Gasteiger partial charge in [-0.2, -0.15) is 4.31 Å². The van der Waals surface area contributed by atoms with Gasteiger partial charge in [-0.1, -0.05) is 11.6 Å². The summed E-state index contributed by atoms with van der Waals surface area (Å²) in [5, 5.41) is 0.480. The van der Waals surface area contributed by atoms with Crippen molar-refractivity contribution in [3.05, 3.63) is 53.6 Å². The number of nitrogens with zero attached hydrogens (tertiary/aromatic N) is 1. The molecule has 0 N–H and O–H groups in total. The van der Waals surface area contributed by atoms with Crippen LogP contribution >= 0.6 is 11.6 Å². The Hall–Kier alpha value is -2.09. The van der Waals surface area contributed by atoms with Gasteiger partial charge >= 0.3 is 5.97 Å². The summed E-state index contributed by atoms with van der Waals surface area (Å²) >= 11 is 5.82. The molecule has 144 valence electrons. The van der Waals surface area contributed by atoms with Gasteiger partial charge in [-0.25, -0.2) is 8.42 Å². The maximum absolute atomic E-state index is 12.7. The van der Waals surface area contributed by atoms with Crippen molar-refractivity contribution in [2.75, 3.05) is 20.2 Å². The van der Waals surface area contributed by atoms with Crippen LogP contribution in [-0.2, 0) is 14.8 Å². The highest BCUT2D eigenvalue weighted by molar-refractivity contribution is 7.89. The summed E-state index contributed by atoms with van der Waals surface area (Å²) in [5.74, 6) is 0.444. The lowest BCUT2D eigenvalue weighted by molar-refractivity contribution is -0.140. The summed E-state index contributed by atoms with van der Waals surface area (Å²) in [6, 6.07) is 12.8. The van der Waals surface area contributed by atoms with Crippen molar-refractivity contribution in [2.45, 2.75) is 17.7 Å². The normalized spacial score (nSPS) is 16.1. The molecule has 0 spiro atoms. The third-order valence-corrected chi connectivity index (χ3v) is 6.68. The third kappa shape index (κ3) is 4.61. The van der Waals surface area contributed by atoms with Gasteiger partial charge in [0.2, 0.25) is 10.0 Å². The molecule has 1 heterocycles. The van der Waals surface area contributed by atoms with Gasteiger partial charge in [0.25, 0.3) is 0 Å². The summed E-state index contributed by atoms with van der Waals surface area (Å²) < 4.78 is 37.2. The molecule has 0 saturated carbocycles. The monoisotopic (exact) mass is 409 g/mol. The summed E-state index contributed by atoms with van der Waals surface area (Å²) in [4.78, 5) is 12.5. The Kier molecular flexibility index (Phi) is 6.04. The number of rotatable bonds is 5. The molecular formula is C19H20ClNO5S. The van der Waals surface area contributed by atoms with Gasteiger partial charge in [0.15, 0.2) is 0 Å². The summed E-state index contributed by atoms with van der Waals surface area (Å²) in [5.41, 5.74) is 0. The molecule has 0 aliphatic carbocycles. The second kappa shape index (κ2) is 8.29. The fraction of sp³-hybridized carbons (Fsp3) is 0.316. The lowest BCUT2D eigenvalue weighted by Crippen LogP contribution is -2.41. The number of methoxy groups -OCH3 is 1. The molecule has 0 unspecified atom stereocenters. The van der Waals surface area contributed by atoms with E-state index in [1.165, 1.54) is 16.4 Å². The Labute approximate surface area is 163 Å². The average molecular weight is 410 g/mol. The molecule has 0 amide bonds. The number of halogens is 1. The number of sulfonamides is 1. The predicted molar refractivity (Wildman–Crippen MR) is 102 cm³/mol. The van der Waals surface area contributed by atoms with Gasteiger partial charge in [0.1, 0.15) is 11.5 Å². The Balaban J connectivity index is 1.59. The quantitative estimate of drug-likeness (QED) is 0.559. The van der Waals surface area contributed by atoms with Crippen LogP contribution in [0, 0.1) is 5.92 Å². The molecular weight excluding hydrogens is 390 g/mol. The predicted octanol–water partition coefficient (Wildman–Crippen LogP) is 3.35. The molecule has 6 nitrogen and oxygen atoms in total. The van der Waals surface area contributed by atoms with Crippen LogP contribution in [0.25, 0.3) is 0 Å². The van der Waals surface area contributed by atoms with E-state index in [1.807, 2.05) is 0 Å². The minimum absolute atomic E-state index is 0.200. The van der Waals surface area contributed by atoms with Crippen LogP contribution < -0.4 is 9.47 Å². The molecule has 0 atom stereocenters. The minimum Gasteiger partial charge on any atom is -0.497 e. The minimum atomic E-state index is -3.59. The maximum atomic E-state index is 12.7. The number of hydrogen-bond acceptors (Lipinski definition) is 5. The van der Waals surface area contributed by atoms with E-state index in [2.05, 4.69) is 0 Å². The van der Waals surface area contributed by atoms with E-state index < -0.39 is 10.0 Å². The number of ether oxygens (including phenoxy) is 2. The van der Waals surface area contributed by atoms with E-state index in [0.29, 0.717) is 29.4 Å². The van der Waals surface area contributed by atoms with Crippen LogP contribution in [0.1, 0.15) is 12.8 Å². The van der Waals surface area contributed by atoms with Crippen LogP contribution in [0.3, 0.4) is 0 Å². The first kappa shape index (κ1) is 19.7. The van der Waals surface area contributed by atoms with E-state index in [0.717, 1.165) is 0 Å².